The van der Waals surface area contributed by atoms with Crippen molar-refractivity contribution in [3.63, 3.8) is 0 Å². The third-order valence-corrected chi connectivity index (χ3v) is 3.43. The Hall–Kier alpha value is -2.08. The van der Waals surface area contributed by atoms with E-state index >= 15 is 0 Å². The molecule has 0 fully saturated rings. The van der Waals surface area contributed by atoms with Gasteiger partial charge in [0.2, 0.25) is 5.91 Å². The van der Waals surface area contributed by atoms with E-state index in [4.69, 9.17) is 4.74 Å². The van der Waals surface area contributed by atoms with Crippen LogP contribution in [0.3, 0.4) is 0 Å². The van der Waals surface area contributed by atoms with Gasteiger partial charge in [-0.25, -0.2) is 0 Å². The maximum Gasteiger partial charge on any atom is 0.260 e. The second-order valence-corrected chi connectivity index (χ2v) is 5.14. The summed E-state index contributed by atoms with van der Waals surface area (Å²) in [5.74, 6) is 0.492. The zero-order valence-corrected chi connectivity index (χ0v) is 14.2. The predicted octanol–water partition coefficient (Wildman–Crippen LogP) is 1.87. The van der Waals surface area contributed by atoms with Gasteiger partial charge in [-0.15, -0.1) is 0 Å². The highest BCUT2D eigenvalue weighted by Gasteiger charge is 2.10. The number of benzene rings is 1. The van der Waals surface area contributed by atoms with Gasteiger partial charge in [0.25, 0.3) is 5.91 Å². The van der Waals surface area contributed by atoms with Gasteiger partial charge >= 0.3 is 0 Å². The van der Waals surface area contributed by atoms with Crippen LogP contribution in [0, 0.1) is 0 Å². The van der Waals surface area contributed by atoms with Crippen LogP contribution in [0.2, 0.25) is 0 Å². The first-order valence-corrected chi connectivity index (χ1v) is 8.05. The molecule has 2 amide bonds. The lowest BCUT2D eigenvalue weighted by Gasteiger charge is -2.18. The van der Waals surface area contributed by atoms with Gasteiger partial charge in [-0.1, -0.05) is 6.07 Å². The number of ether oxygens (including phenoxy) is 1. The Morgan fingerprint density at radius 1 is 1.22 bits per heavy atom. The Balaban J connectivity index is 2.50. The van der Waals surface area contributed by atoms with Gasteiger partial charge < -0.3 is 20.3 Å². The summed E-state index contributed by atoms with van der Waals surface area (Å²) in [6.07, 6.45) is 1.25. The van der Waals surface area contributed by atoms with Crippen LogP contribution >= 0.6 is 0 Å². The number of nitrogens with one attached hydrogen (secondary N) is 2. The minimum atomic E-state index is -0.0449. The van der Waals surface area contributed by atoms with Crippen LogP contribution < -0.4 is 15.4 Å². The summed E-state index contributed by atoms with van der Waals surface area (Å²) >= 11 is 0. The molecule has 0 atom stereocenters. The van der Waals surface area contributed by atoms with E-state index in [9.17, 15) is 9.59 Å². The largest absolute Gasteiger partial charge is 0.484 e. The van der Waals surface area contributed by atoms with Crippen LogP contribution in [0.5, 0.6) is 5.75 Å². The SMILES string of the molecule is CCN(CC)C(=O)COc1cccc(NC(=O)CCCNC)c1. The van der Waals surface area contributed by atoms with Crippen LogP contribution in [0.25, 0.3) is 0 Å². The molecule has 0 aliphatic rings. The van der Waals surface area contributed by atoms with Crippen LogP contribution in [0.15, 0.2) is 24.3 Å². The number of carbonyl (C=O) groups is 2. The summed E-state index contributed by atoms with van der Waals surface area (Å²) in [5, 5.41) is 5.84. The number of nitrogens with zero attached hydrogens (tertiary/aromatic N) is 1. The number of anilines is 1. The van der Waals surface area contributed by atoms with E-state index < -0.39 is 0 Å². The van der Waals surface area contributed by atoms with Crippen LogP contribution in [0.1, 0.15) is 26.7 Å². The summed E-state index contributed by atoms with van der Waals surface area (Å²) in [5.41, 5.74) is 0.673. The van der Waals surface area contributed by atoms with Crippen molar-refractivity contribution < 1.29 is 14.3 Å². The maximum atomic E-state index is 11.9. The average molecular weight is 321 g/mol. The van der Waals surface area contributed by atoms with E-state index in [2.05, 4.69) is 10.6 Å². The van der Waals surface area contributed by atoms with E-state index in [1.54, 1.807) is 29.2 Å². The van der Waals surface area contributed by atoms with Crippen molar-refractivity contribution in [2.45, 2.75) is 26.7 Å². The van der Waals surface area contributed by atoms with Gasteiger partial charge in [0.1, 0.15) is 5.75 Å². The summed E-state index contributed by atoms with van der Waals surface area (Å²) in [6.45, 7) is 6.02. The lowest BCUT2D eigenvalue weighted by Crippen LogP contribution is -2.34. The number of hydrogen-bond acceptors (Lipinski definition) is 4. The van der Waals surface area contributed by atoms with E-state index in [0.717, 1.165) is 13.0 Å². The van der Waals surface area contributed by atoms with Crippen molar-refractivity contribution in [2.24, 2.45) is 0 Å². The topological polar surface area (TPSA) is 70.7 Å². The zero-order valence-electron chi connectivity index (χ0n) is 14.2. The minimum absolute atomic E-state index is 0.00124. The molecular weight excluding hydrogens is 294 g/mol. The Bertz CT molecular complexity index is 502. The number of hydrogen-bond donors (Lipinski definition) is 2. The highest BCUT2D eigenvalue weighted by molar-refractivity contribution is 5.90. The number of rotatable bonds is 10. The van der Waals surface area contributed by atoms with Crippen LogP contribution in [-0.2, 0) is 9.59 Å². The molecular formula is C17H27N3O3. The Morgan fingerprint density at radius 2 is 1.96 bits per heavy atom. The normalized spacial score (nSPS) is 10.2. The fraction of sp³-hybridized carbons (Fsp3) is 0.529. The molecule has 0 aromatic heterocycles. The first-order valence-electron chi connectivity index (χ1n) is 8.05. The third-order valence-electron chi connectivity index (χ3n) is 3.43. The van der Waals surface area contributed by atoms with Crippen molar-refractivity contribution in [3.8, 4) is 5.75 Å². The van der Waals surface area contributed by atoms with Gasteiger partial charge in [0.05, 0.1) is 0 Å². The molecule has 0 radical (unpaired) electrons. The zero-order chi connectivity index (χ0) is 17.1. The van der Waals surface area contributed by atoms with Gasteiger partial charge in [-0.05, 0) is 46.0 Å². The molecule has 0 aliphatic carbocycles. The predicted molar refractivity (Wildman–Crippen MR) is 91.7 cm³/mol. The molecule has 0 saturated heterocycles. The Morgan fingerprint density at radius 3 is 2.61 bits per heavy atom. The van der Waals surface area contributed by atoms with Crippen LogP contribution in [-0.4, -0.2) is 50.0 Å². The van der Waals surface area contributed by atoms with Gasteiger partial charge in [-0.3, -0.25) is 9.59 Å². The first kappa shape index (κ1) is 19.0. The lowest BCUT2D eigenvalue weighted by atomic mass is 10.2. The van der Waals surface area contributed by atoms with E-state index in [1.807, 2.05) is 20.9 Å². The molecule has 0 bridgehead atoms. The fourth-order valence-electron chi connectivity index (χ4n) is 2.13. The summed E-state index contributed by atoms with van der Waals surface area (Å²) < 4.78 is 5.52. The number of carbonyl (C=O) groups excluding carboxylic acids is 2. The molecule has 0 aliphatic heterocycles. The Kier molecular flexibility index (Phi) is 8.75. The molecule has 23 heavy (non-hydrogen) atoms. The molecule has 128 valence electrons. The van der Waals surface area contributed by atoms with Crippen molar-refractivity contribution >= 4 is 17.5 Å². The van der Waals surface area contributed by atoms with E-state index in [0.29, 0.717) is 30.9 Å². The third kappa shape index (κ3) is 7.15. The van der Waals surface area contributed by atoms with E-state index in [-0.39, 0.29) is 18.4 Å². The van der Waals surface area contributed by atoms with Gasteiger partial charge in [-0.2, -0.15) is 0 Å². The minimum Gasteiger partial charge on any atom is -0.484 e. The molecule has 0 saturated carbocycles. The first-order chi connectivity index (χ1) is 11.1. The summed E-state index contributed by atoms with van der Waals surface area (Å²) in [6, 6.07) is 7.09. The molecule has 6 nitrogen and oxygen atoms in total. The molecule has 6 heteroatoms. The molecule has 1 rings (SSSR count). The quantitative estimate of drug-likeness (QED) is 0.646. The molecule has 0 heterocycles. The molecule has 1 aromatic rings. The number of likely N-dealkylation sites (N-methyl/N-ethyl adjacent to an activating group) is 1. The fourth-order valence-corrected chi connectivity index (χ4v) is 2.13. The Labute approximate surface area is 138 Å². The van der Waals surface area contributed by atoms with Crippen LogP contribution in [0.4, 0.5) is 5.69 Å². The van der Waals surface area contributed by atoms with Crippen molar-refractivity contribution in [1.82, 2.24) is 10.2 Å². The van der Waals surface area contributed by atoms with Crippen molar-refractivity contribution in [3.05, 3.63) is 24.3 Å². The molecule has 2 N–H and O–H groups in total. The standard InChI is InChI=1S/C17H27N3O3/c1-4-20(5-2)17(22)13-23-15-9-6-8-14(12-15)19-16(21)10-7-11-18-3/h6,8-9,12,18H,4-5,7,10-11,13H2,1-3H3,(H,19,21). The van der Waals surface area contributed by atoms with E-state index in [1.165, 1.54) is 0 Å². The monoisotopic (exact) mass is 321 g/mol. The van der Waals surface area contributed by atoms with Gasteiger partial charge in [0, 0.05) is 31.3 Å². The highest BCUT2D eigenvalue weighted by atomic mass is 16.5. The molecule has 0 unspecified atom stereocenters. The van der Waals surface area contributed by atoms with Crippen molar-refractivity contribution in [2.75, 3.05) is 38.6 Å². The lowest BCUT2D eigenvalue weighted by molar-refractivity contribution is -0.133. The second-order valence-electron chi connectivity index (χ2n) is 5.14. The molecule has 1 aromatic carbocycles. The maximum absolute atomic E-state index is 11.9. The summed E-state index contributed by atoms with van der Waals surface area (Å²) in [4.78, 5) is 25.4. The smallest absolute Gasteiger partial charge is 0.260 e. The van der Waals surface area contributed by atoms with Gasteiger partial charge in [0.15, 0.2) is 6.61 Å². The molecule has 0 spiro atoms. The highest BCUT2D eigenvalue weighted by Crippen LogP contribution is 2.17. The number of amides is 2. The summed E-state index contributed by atoms with van der Waals surface area (Å²) in [7, 11) is 1.86. The van der Waals surface area contributed by atoms with Crippen molar-refractivity contribution in [1.29, 1.82) is 0 Å². The second kappa shape index (κ2) is 10.6. The average Bonchev–Trinajstić information content (AvgIpc) is 2.54.